The highest BCUT2D eigenvalue weighted by atomic mass is 33.1. The van der Waals surface area contributed by atoms with Crippen LogP contribution in [-0.2, 0) is 5.75 Å². The molecule has 2 aromatic carbocycles. The number of nitriles is 1. The molecule has 0 bridgehead atoms. The van der Waals surface area contributed by atoms with Gasteiger partial charge in [-0.3, -0.25) is 0 Å². The Kier molecular flexibility index (Phi) is 4.54. The van der Waals surface area contributed by atoms with Crippen LogP contribution in [0.5, 0.6) is 0 Å². The molecule has 0 aliphatic rings. The average Bonchev–Trinajstić information content (AvgIpc) is 2.41. The summed E-state index contributed by atoms with van der Waals surface area (Å²) in [7, 11) is 3.55. The first-order valence-electron chi connectivity index (χ1n) is 5.22. The quantitative estimate of drug-likeness (QED) is 0.754. The highest BCUT2D eigenvalue weighted by Crippen LogP contribution is 2.33. The Labute approximate surface area is 109 Å². The van der Waals surface area contributed by atoms with Crippen molar-refractivity contribution < 1.29 is 0 Å². The van der Waals surface area contributed by atoms with Crippen molar-refractivity contribution in [1.82, 2.24) is 0 Å². The van der Waals surface area contributed by atoms with Gasteiger partial charge in [0.15, 0.2) is 0 Å². The molecule has 0 spiro atoms. The van der Waals surface area contributed by atoms with Gasteiger partial charge in [0, 0.05) is 10.6 Å². The zero-order valence-electron chi connectivity index (χ0n) is 9.17. The molecule has 0 heterocycles. The van der Waals surface area contributed by atoms with Crippen molar-refractivity contribution in [2.24, 2.45) is 0 Å². The van der Waals surface area contributed by atoms with Crippen molar-refractivity contribution in [1.29, 1.82) is 5.26 Å². The summed E-state index contributed by atoms with van der Waals surface area (Å²) in [5, 5.41) is 8.69. The minimum atomic E-state index is 0.711. The summed E-state index contributed by atoms with van der Waals surface area (Å²) in [6.07, 6.45) is 0. The first kappa shape index (κ1) is 12.1. The van der Waals surface area contributed by atoms with Crippen molar-refractivity contribution in [2.75, 3.05) is 0 Å². The van der Waals surface area contributed by atoms with Gasteiger partial charge in [0.2, 0.25) is 0 Å². The third-order valence-electron chi connectivity index (χ3n) is 2.21. The fourth-order valence-electron chi connectivity index (χ4n) is 1.32. The molecule has 17 heavy (non-hydrogen) atoms. The van der Waals surface area contributed by atoms with E-state index in [0.717, 1.165) is 5.75 Å². The smallest absolute Gasteiger partial charge is 0.0991 e. The lowest BCUT2D eigenvalue weighted by atomic mass is 10.2. The van der Waals surface area contributed by atoms with E-state index >= 15 is 0 Å². The third kappa shape index (κ3) is 3.85. The number of nitrogens with zero attached hydrogens (tertiary/aromatic N) is 1. The van der Waals surface area contributed by atoms with Crippen LogP contribution in [0.15, 0.2) is 59.5 Å². The van der Waals surface area contributed by atoms with E-state index in [1.54, 1.807) is 21.6 Å². The minimum absolute atomic E-state index is 0.711. The third-order valence-corrected chi connectivity index (χ3v) is 4.53. The molecule has 0 radical (unpaired) electrons. The summed E-state index contributed by atoms with van der Waals surface area (Å²) in [6, 6.07) is 20.2. The maximum Gasteiger partial charge on any atom is 0.0991 e. The summed E-state index contributed by atoms with van der Waals surface area (Å²) >= 11 is 0. The fraction of sp³-hybridized carbons (Fsp3) is 0.0714. The van der Waals surface area contributed by atoms with E-state index in [-0.39, 0.29) is 0 Å². The maximum absolute atomic E-state index is 8.69. The van der Waals surface area contributed by atoms with Crippen LogP contribution < -0.4 is 0 Å². The second-order valence-corrected chi connectivity index (χ2v) is 5.84. The summed E-state index contributed by atoms with van der Waals surface area (Å²) in [4.78, 5) is 1.19. The molecule has 2 rings (SSSR count). The Bertz CT molecular complexity index is 500. The summed E-state index contributed by atoms with van der Waals surface area (Å²) in [5.74, 6) is 0.992. The molecule has 0 N–H and O–H groups in total. The molecule has 0 fully saturated rings. The number of rotatable bonds is 4. The van der Waals surface area contributed by atoms with Crippen molar-refractivity contribution in [3.63, 3.8) is 0 Å². The normalized spacial score (nSPS) is 9.82. The predicted molar refractivity (Wildman–Crippen MR) is 74.8 cm³/mol. The lowest BCUT2D eigenvalue weighted by Gasteiger charge is -2.01. The first-order valence-corrected chi connectivity index (χ1v) is 7.54. The van der Waals surface area contributed by atoms with Gasteiger partial charge < -0.3 is 0 Å². The van der Waals surface area contributed by atoms with E-state index in [4.69, 9.17) is 5.26 Å². The van der Waals surface area contributed by atoms with Gasteiger partial charge in [0.05, 0.1) is 11.6 Å². The average molecular weight is 257 g/mol. The van der Waals surface area contributed by atoms with Gasteiger partial charge in [-0.1, -0.05) is 51.9 Å². The number of hydrogen-bond donors (Lipinski definition) is 0. The standard InChI is InChI=1S/C14H11NS2/c15-10-12-6-8-14(9-7-12)17-16-11-13-4-2-1-3-5-13/h1-9H,11H2. The Hall–Kier alpha value is -1.37. The van der Waals surface area contributed by atoms with E-state index in [1.165, 1.54) is 10.5 Å². The molecule has 84 valence electrons. The maximum atomic E-state index is 8.69. The largest absolute Gasteiger partial charge is 0.192 e. The summed E-state index contributed by atoms with van der Waals surface area (Å²) in [5.41, 5.74) is 2.04. The van der Waals surface area contributed by atoms with E-state index in [9.17, 15) is 0 Å². The molecule has 0 atom stereocenters. The van der Waals surface area contributed by atoms with E-state index in [0.29, 0.717) is 5.56 Å². The van der Waals surface area contributed by atoms with Crippen molar-refractivity contribution in [3.8, 4) is 6.07 Å². The highest BCUT2D eigenvalue weighted by Gasteiger charge is 1.97. The Morgan fingerprint density at radius 3 is 2.29 bits per heavy atom. The fourth-order valence-corrected chi connectivity index (χ4v) is 3.42. The Morgan fingerprint density at radius 1 is 0.941 bits per heavy atom. The van der Waals surface area contributed by atoms with Crippen LogP contribution in [0.4, 0.5) is 0 Å². The van der Waals surface area contributed by atoms with Crippen LogP contribution in [0.2, 0.25) is 0 Å². The molecular formula is C14H11NS2. The van der Waals surface area contributed by atoms with E-state index < -0.39 is 0 Å². The van der Waals surface area contributed by atoms with Gasteiger partial charge in [-0.25, -0.2) is 0 Å². The molecule has 2 aromatic rings. The molecule has 0 aromatic heterocycles. The molecule has 1 nitrogen and oxygen atoms in total. The molecule has 0 saturated heterocycles. The van der Waals surface area contributed by atoms with Crippen LogP contribution in [-0.4, -0.2) is 0 Å². The van der Waals surface area contributed by atoms with Gasteiger partial charge in [0.25, 0.3) is 0 Å². The second-order valence-electron chi connectivity index (χ2n) is 3.47. The van der Waals surface area contributed by atoms with Crippen LogP contribution in [0.3, 0.4) is 0 Å². The summed E-state index contributed by atoms with van der Waals surface area (Å²) < 4.78 is 0. The monoisotopic (exact) mass is 257 g/mol. The Morgan fingerprint density at radius 2 is 1.65 bits per heavy atom. The van der Waals surface area contributed by atoms with Crippen molar-refractivity contribution in [2.45, 2.75) is 10.6 Å². The number of benzene rings is 2. The lowest BCUT2D eigenvalue weighted by molar-refractivity contribution is 1.42. The molecule has 0 unspecified atom stereocenters. The molecule has 0 aliphatic carbocycles. The van der Waals surface area contributed by atoms with Crippen LogP contribution in [0, 0.1) is 11.3 Å². The van der Waals surface area contributed by atoms with E-state index in [2.05, 4.69) is 30.3 Å². The SMILES string of the molecule is N#Cc1ccc(SSCc2ccccc2)cc1. The minimum Gasteiger partial charge on any atom is -0.192 e. The number of hydrogen-bond acceptors (Lipinski definition) is 3. The molecule has 3 heteroatoms. The molecule has 0 saturated carbocycles. The first-order chi connectivity index (χ1) is 8.38. The van der Waals surface area contributed by atoms with Crippen LogP contribution in [0.25, 0.3) is 0 Å². The van der Waals surface area contributed by atoms with E-state index in [1.807, 2.05) is 30.3 Å². The highest BCUT2D eigenvalue weighted by molar-refractivity contribution is 8.76. The van der Waals surface area contributed by atoms with Gasteiger partial charge >= 0.3 is 0 Å². The van der Waals surface area contributed by atoms with Crippen LogP contribution in [0.1, 0.15) is 11.1 Å². The summed E-state index contributed by atoms with van der Waals surface area (Å²) in [6.45, 7) is 0. The predicted octanol–water partition coefficient (Wildman–Crippen LogP) is 4.50. The molecule has 0 amide bonds. The molecular weight excluding hydrogens is 246 g/mol. The van der Waals surface area contributed by atoms with Gasteiger partial charge in [-0.05, 0) is 29.8 Å². The van der Waals surface area contributed by atoms with Gasteiger partial charge in [-0.15, -0.1) is 0 Å². The Balaban J connectivity index is 1.84. The van der Waals surface area contributed by atoms with Crippen molar-refractivity contribution in [3.05, 3.63) is 65.7 Å². The zero-order chi connectivity index (χ0) is 11.9. The lowest BCUT2D eigenvalue weighted by Crippen LogP contribution is -1.76. The van der Waals surface area contributed by atoms with Gasteiger partial charge in [-0.2, -0.15) is 5.26 Å². The van der Waals surface area contributed by atoms with Gasteiger partial charge in [0.1, 0.15) is 0 Å². The second kappa shape index (κ2) is 6.39. The molecule has 0 aliphatic heterocycles. The van der Waals surface area contributed by atoms with Crippen molar-refractivity contribution >= 4 is 21.6 Å². The zero-order valence-corrected chi connectivity index (χ0v) is 10.8. The van der Waals surface area contributed by atoms with Crippen LogP contribution >= 0.6 is 21.6 Å². The topological polar surface area (TPSA) is 23.8 Å².